The van der Waals surface area contributed by atoms with Crippen LogP contribution in [0.2, 0.25) is 0 Å². The molecule has 0 aliphatic carbocycles. The highest BCUT2D eigenvalue weighted by atomic mass is 19.1. The molecule has 9 nitrogen and oxygen atoms in total. The molecule has 0 fully saturated rings. The van der Waals surface area contributed by atoms with Gasteiger partial charge in [-0.1, -0.05) is 24.3 Å². The van der Waals surface area contributed by atoms with Crippen molar-refractivity contribution >= 4 is 27.6 Å². The molecule has 0 aliphatic rings. The zero-order valence-corrected chi connectivity index (χ0v) is 20.6. The van der Waals surface area contributed by atoms with Gasteiger partial charge in [-0.2, -0.15) is 5.10 Å². The van der Waals surface area contributed by atoms with Crippen molar-refractivity contribution in [1.82, 2.24) is 29.3 Å². The number of fused-ring (bicyclic) bond motifs is 2. The van der Waals surface area contributed by atoms with E-state index < -0.39 is 5.82 Å². The highest BCUT2D eigenvalue weighted by Crippen LogP contribution is 2.33. The van der Waals surface area contributed by atoms with E-state index in [9.17, 15) is 14.3 Å². The fourth-order valence-electron chi connectivity index (χ4n) is 4.86. The third kappa shape index (κ3) is 3.74. The average Bonchev–Trinajstić information content (AvgIpc) is 3.24. The number of aromatic nitrogens is 6. The lowest BCUT2D eigenvalue weighted by molar-refractivity contribution is 0.469. The molecule has 6 rings (SSSR count). The molecule has 0 amide bonds. The quantitative estimate of drug-likeness (QED) is 0.365. The summed E-state index contributed by atoms with van der Waals surface area (Å²) >= 11 is 0. The lowest BCUT2D eigenvalue weighted by Gasteiger charge is -2.16. The summed E-state index contributed by atoms with van der Waals surface area (Å²) in [6.07, 6.45) is 2.97. The second-order valence-corrected chi connectivity index (χ2v) is 9.12. The van der Waals surface area contributed by atoms with Crippen molar-refractivity contribution in [2.45, 2.75) is 20.4 Å². The van der Waals surface area contributed by atoms with E-state index in [0.717, 1.165) is 22.6 Å². The van der Waals surface area contributed by atoms with E-state index in [0.29, 0.717) is 39.2 Å². The smallest absolute Gasteiger partial charge is 0.264 e. The molecule has 0 unspecified atom stereocenters. The van der Waals surface area contributed by atoms with Gasteiger partial charge >= 0.3 is 0 Å². The predicted molar refractivity (Wildman–Crippen MR) is 143 cm³/mol. The van der Waals surface area contributed by atoms with Gasteiger partial charge < -0.3 is 10.8 Å². The number of nitrogens with zero attached hydrogens (tertiary/aromatic N) is 6. The van der Waals surface area contributed by atoms with Gasteiger partial charge in [-0.25, -0.2) is 24.0 Å². The predicted octanol–water partition coefficient (Wildman–Crippen LogP) is 4.28. The molecule has 6 aromatic rings. The first-order chi connectivity index (χ1) is 18.3. The summed E-state index contributed by atoms with van der Waals surface area (Å²) in [6, 6.07) is 15.0. The Morgan fingerprint density at radius 3 is 2.58 bits per heavy atom. The van der Waals surface area contributed by atoms with Crippen molar-refractivity contribution in [3.63, 3.8) is 0 Å². The molecule has 0 saturated heterocycles. The number of hydrogen-bond donors (Lipinski definition) is 2. The Bertz CT molecular complexity index is 1920. The molecule has 0 atom stereocenters. The number of phenols is 1. The summed E-state index contributed by atoms with van der Waals surface area (Å²) in [6.45, 7) is 3.93. The highest BCUT2D eigenvalue weighted by Gasteiger charge is 2.21. The van der Waals surface area contributed by atoms with E-state index in [1.165, 1.54) is 18.5 Å². The van der Waals surface area contributed by atoms with Crippen LogP contribution in [-0.2, 0) is 6.54 Å². The summed E-state index contributed by atoms with van der Waals surface area (Å²) in [7, 11) is 0. The molecular formula is C28H22FN7O2. The Hall–Kier alpha value is -5.12. The minimum Gasteiger partial charge on any atom is -0.508 e. The first-order valence-electron chi connectivity index (χ1n) is 11.8. The zero-order valence-electron chi connectivity index (χ0n) is 20.6. The van der Waals surface area contributed by atoms with Crippen LogP contribution in [0.1, 0.15) is 16.8 Å². The van der Waals surface area contributed by atoms with Crippen molar-refractivity contribution < 1.29 is 9.50 Å². The number of pyridine rings is 2. The molecule has 3 N–H and O–H groups in total. The van der Waals surface area contributed by atoms with Gasteiger partial charge in [0.15, 0.2) is 5.65 Å². The fourth-order valence-corrected chi connectivity index (χ4v) is 4.86. The SMILES string of the molecule is Cc1cccnc1-n1c(Cn2nc(-c3cc(O)cc(F)c3)c3c(N)ncnc32)cc2cccc(C)c2c1=O. The lowest BCUT2D eigenvalue weighted by Crippen LogP contribution is -2.26. The first-order valence-corrected chi connectivity index (χ1v) is 11.8. The van der Waals surface area contributed by atoms with Crippen LogP contribution in [0.25, 0.3) is 38.9 Å². The monoisotopic (exact) mass is 507 g/mol. The standard InChI is InChI=1S/C28H22FN7O2/c1-15-5-3-7-17-10-20(36(28(38)22(15)17)26-16(2)6-4-8-31-26)13-35-27-23(25(30)32-14-33-27)24(34-35)18-9-19(29)12-21(37)11-18/h3-12,14,37H,13H2,1-2H3,(H2,30,32,33). The second-order valence-electron chi connectivity index (χ2n) is 9.12. The number of halogens is 1. The Morgan fingerprint density at radius 1 is 0.974 bits per heavy atom. The van der Waals surface area contributed by atoms with E-state index in [4.69, 9.17) is 10.8 Å². The van der Waals surface area contributed by atoms with E-state index in [-0.39, 0.29) is 23.7 Å². The third-order valence-electron chi connectivity index (χ3n) is 6.55. The van der Waals surface area contributed by atoms with E-state index >= 15 is 0 Å². The average molecular weight is 508 g/mol. The Balaban J connectivity index is 1.63. The molecule has 188 valence electrons. The molecule has 0 aliphatic heterocycles. The number of anilines is 1. The van der Waals surface area contributed by atoms with Crippen molar-refractivity contribution in [3.05, 3.63) is 100 Å². The van der Waals surface area contributed by atoms with E-state index in [1.54, 1.807) is 15.4 Å². The van der Waals surface area contributed by atoms with Gasteiger partial charge in [-0.05, 0) is 54.6 Å². The Labute approximate surface area is 215 Å². The Morgan fingerprint density at radius 2 is 1.79 bits per heavy atom. The number of aryl methyl sites for hydroxylation is 2. The maximum absolute atomic E-state index is 14.2. The van der Waals surface area contributed by atoms with E-state index in [1.807, 2.05) is 50.2 Å². The van der Waals surface area contributed by atoms with Crippen molar-refractivity contribution in [3.8, 4) is 22.8 Å². The molecular weight excluding hydrogens is 485 g/mol. The Kier molecular flexibility index (Phi) is 5.37. The maximum atomic E-state index is 14.2. The minimum atomic E-state index is -0.623. The van der Waals surface area contributed by atoms with Crippen molar-refractivity contribution in [2.75, 3.05) is 5.73 Å². The van der Waals surface area contributed by atoms with Gasteiger partial charge in [-0.3, -0.25) is 9.36 Å². The van der Waals surface area contributed by atoms with Gasteiger partial charge in [0.1, 0.15) is 35.2 Å². The van der Waals surface area contributed by atoms with Crippen LogP contribution in [0.15, 0.2) is 71.9 Å². The minimum absolute atomic E-state index is 0.128. The number of aromatic hydroxyl groups is 1. The third-order valence-corrected chi connectivity index (χ3v) is 6.55. The maximum Gasteiger partial charge on any atom is 0.264 e. The molecule has 0 bridgehead atoms. The molecule has 0 spiro atoms. The lowest BCUT2D eigenvalue weighted by atomic mass is 10.1. The number of hydrogen-bond acceptors (Lipinski definition) is 7. The number of phenolic OH excluding ortho intramolecular Hbond substituents is 1. The largest absolute Gasteiger partial charge is 0.508 e. The van der Waals surface area contributed by atoms with E-state index in [2.05, 4.69) is 15.0 Å². The second kappa shape index (κ2) is 8.77. The van der Waals surface area contributed by atoms with Crippen LogP contribution in [0.4, 0.5) is 10.2 Å². The molecule has 4 heterocycles. The summed E-state index contributed by atoms with van der Waals surface area (Å²) < 4.78 is 17.4. The highest BCUT2D eigenvalue weighted by molar-refractivity contribution is 5.98. The number of nitrogens with two attached hydrogens (primary N) is 1. The topological polar surface area (TPSA) is 125 Å². The molecule has 4 aromatic heterocycles. The van der Waals surface area contributed by atoms with Gasteiger partial charge in [0.25, 0.3) is 5.56 Å². The normalized spacial score (nSPS) is 11.4. The van der Waals surface area contributed by atoms with Crippen LogP contribution in [0, 0.1) is 19.7 Å². The van der Waals surface area contributed by atoms with Gasteiger partial charge in [0.05, 0.1) is 23.0 Å². The van der Waals surface area contributed by atoms with Crippen LogP contribution in [0.5, 0.6) is 5.75 Å². The van der Waals surface area contributed by atoms with Crippen LogP contribution in [-0.4, -0.2) is 34.4 Å². The van der Waals surface area contributed by atoms with Crippen molar-refractivity contribution in [1.29, 1.82) is 0 Å². The van der Waals surface area contributed by atoms with Crippen LogP contribution in [0.3, 0.4) is 0 Å². The summed E-state index contributed by atoms with van der Waals surface area (Å²) in [5.41, 5.74) is 9.35. The molecule has 2 aromatic carbocycles. The zero-order chi connectivity index (χ0) is 26.6. The number of rotatable bonds is 4. The summed E-state index contributed by atoms with van der Waals surface area (Å²) in [4.78, 5) is 26.9. The van der Waals surface area contributed by atoms with Gasteiger partial charge in [0.2, 0.25) is 0 Å². The van der Waals surface area contributed by atoms with Crippen LogP contribution >= 0.6 is 0 Å². The van der Waals surface area contributed by atoms with Crippen LogP contribution < -0.4 is 11.3 Å². The number of benzene rings is 2. The summed E-state index contributed by atoms with van der Waals surface area (Å²) in [5, 5.41) is 16.5. The molecule has 38 heavy (non-hydrogen) atoms. The van der Waals surface area contributed by atoms with Crippen molar-refractivity contribution in [2.24, 2.45) is 0 Å². The van der Waals surface area contributed by atoms with Gasteiger partial charge in [-0.15, -0.1) is 0 Å². The van der Waals surface area contributed by atoms with Gasteiger partial charge in [0, 0.05) is 17.8 Å². The molecule has 0 saturated carbocycles. The first kappa shape index (κ1) is 23.3. The summed E-state index contributed by atoms with van der Waals surface area (Å²) in [5.74, 6) is -0.199. The molecule has 0 radical (unpaired) electrons. The molecule has 10 heteroatoms. The number of nitrogen functional groups attached to an aromatic ring is 1. The fraction of sp³-hybridized carbons (Fsp3) is 0.107.